The largest absolute Gasteiger partial charge is 0.379 e. The van der Waals surface area contributed by atoms with E-state index in [1.165, 1.54) is 5.56 Å². The Morgan fingerprint density at radius 2 is 1.65 bits per heavy atom. The minimum Gasteiger partial charge on any atom is -0.379 e. The SMILES string of the molecule is CNC(=O)Nc1ccc(NC(C)c2ccncc2)cc1. The average molecular weight is 270 g/mol. The van der Waals surface area contributed by atoms with Gasteiger partial charge in [0.2, 0.25) is 0 Å². The molecular formula is C15H18N4O. The second-order valence-corrected chi connectivity index (χ2v) is 4.43. The van der Waals surface area contributed by atoms with Crippen molar-refractivity contribution in [2.75, 3.05) is 17.7 Å². The fourth-order valence-electron chi connectivity index (χ4n) is 1.83. The summed E-state index contributed by atoms with van der Waals surface area (Å²) in [6, 6.07) is 11.5. The van der Waals surface area contributed by atoms with Crippen LogP contribution in [0.3, 0.4) is 0 Å². The lowest BCUT2D eigenvalue weighted by molar-refractivity contribution is 0.254. The second-order valence-electron chi connectivity index (χ2n) is 4.43. The van der Waals surface area contributed by atoms with E-state index in [2.05, 4.69) is 27.9 Å². The number of urea groups is 1. The Hall–Kier alpha value is -2.56. The highest BCUT2D eigenvalue weighted by Gasteiger charge is 2.05. The first-order valence-corrected chi connectivity index (χ1v) is 6.44. The number of amides is 2. The molecule has 104 valence electrons. The molecule has 0 aliphatic heterocycles. The van der Waals surface area contributed by atoms with Gasteiger partial charge in [-0.2, -0.15) is 0 Å². The standard InChI is InChI=1S/C15H18N4O/c1-11(12-7-9-17-10-8-12)18-13-3-5-14(6-4-13)19-15(20)16-2/h3-11,18H,1-2H3,(H2,16,19,20). The van der Waals surface area contributed by atoms with Gasteiger partial charge in [-0.1, -0.05) is 0 Å². The monoisotopic (exact) mass is 270 g/mol. The predicted molar refractivity (Wildman–Crippen MR) is 80.8 cm³/mol. The van der Waals surface area contributed by atoms with Gasteiger partial charge in [-0.05, 0) is 48.9 Å². The Morgan fingerprint density at radius 3 is 2.25 bits per heavy atom. The molecule has 0 saturated carbocycles. The van der Waals surface area contributed by atoms with Crippen LogP contribution in [-0.4, -0.2) is 18.1 Å². The number of rotatable bonds is 4. The lowest BCUT2D eigenvalue weighted by atomic mass is 10.1. The van der Waals surface area contributed by atoms with E-state index in [-0.39, 0.29) is 12.1 Å². The Labute approximate surface area is 118 Å². The summed E-state index contributed by atoms with van der Waals surface area (Å²) >= 11 is 0. The molecule has 1 heterocycles. The molecule has 1 aromatic heterocycles. The zero-order valence-corrected chi connectivity index (χ0v) is 11.6. The van der Waals surface area contributed by atoms with E-state index in [0.717, 1.165) is 11.4 Å². The third-order valence-corrected chi connectivity index (χ3v) is 2.96. The van der Waals surface area contributed by atoms with E-state index >= 15 is 0 Å². The molecule has 1 unspecified atom stereocenters. The molecule has 1 aromatic carbocycles. The summed E-state index contributed by atoms with van der Waals surface area (Å²) < 4.78 is 0. The van der Waals surface area contributed by atoms with Crippen LogP contribution in [0.15, 0.2) is 48.8 Å². The van der Waals surface area contributed by atoms with Gasteiger partial charge in [0.25, 0.3) is 0 Å². The van der Waals surface area contributed by atoms with E-state index in [4.69, 9.17) is 0 Å². The highest BCUT2D eigenvalue weighted by atomic mass is 16.2. The molecule has 0 aliphatic carbocycles. The third kappa shape index (κ3) is 3.71. The normalized spacial score (nSPS) is 11.5. The van der Waals surface area contributed by atoms with Crippen LogP contribution >= 0.6 is 0 Å². The molecule has 0 fully saturated rings. The van der Waals surface area contributed by atoms with Gasteiger partial charge in [-0.25, -0.2) is 4.79 Å². The number of nitrogens with zero attached hydrogens (tertiary/aromatic N) is 1. The van der Waals surface area contributed by atoms with Crippen molar-refractivity contribution < 1.29 is 4.79 Å². The van der Waals surface area contributed by atoms with E-state index in [1.807, 2.05) is 36.4 Å². The summed E-state index contributed by atoms with van der Waals surface area (Å²) in [6.45, 7) is 2.09. The van der Waals surface area contributed by atoms with Crippen molar-refractivity contribution in [1.82, 2.24) is 10.3 Å². The van der Waals surface area contributed by atoms with Crippen molar-refractivity contribution in [3.8, 4) is 0 Å². The lowest BCUT2D eigenvalue weighted by Gasteiger charge is -2.15. The maximum atomic E-state index is 11.2. The van der Waals surface area contributed by atoms with Crippen molar-refractivity contribution >= 4 is 17.4 Å². The molecular weight excluding hydrogens is 252 g/mol. The van der Waals surface area contributed by atoms with Crippen LogP contribution in [-0.2, 0) is 0 Å². The summed E-state index contributed by atoms with van der Waals surface area (Å²) in [7, 11) is 1.58. The molecule has 2 aromatic rings. The first-order chi connectivity index (χ1) is 9.69. The smallest absolute Gasteiger partial charge is 0.318 e. The van der Waals surface area contributed by atoms with Crippen LogP contribution in [0.25, 0.3) is 0 Å². The number of aromatic nitrogens is 1. The Kier molecular flexibility index (Phi) is 4.55. The summed E-state index contributed by atoms with van der Waals surface area (Å²) in [5.74, 6) is 0. The molecule has 5 heteroatoms. The molecule has 20 heavy (non-hydrogen) atoms. The molecule has 0 saturated heterocycles. The predicted octanol–water partition coefficient (Wildman–Crippen LogP) is 3.01. The molecule has 5 nitrogen and oxygen atoms in total. The first-order valence-electron chi connectivity index (χ1n) is 6.44. The van der Waals surface area contributed by atoms with Gasteiger partial charge >= 0.3 is 6.03 Å². The van der Waals surface area contributed by atoms with Gasteiger partial charge in [-0.15, -0.1) is 0 Å². The van der Waals surface area contributed by atoms with Crippen LogP contribution in [0.1, 0.15) is 18.5 Å². The molecule has 0 aliphatic rings. The quantitative estimate of drug-likeness (QED) is 0.800. The van der Waals surface area contributed by atoms with Crippen LogP contribution in [0.2, 0.25) is 0 Å². The fourth-order valence-corrected chi connectivity index (χ4v) is 1.83. The molecule has 3 N–H and O–H groups in total. The van der Waals surface area contributed by atoms with Crippen LogP contribution < -0.4 is 16.0 Å². The van der Waals surface area contributed by atoms with Gasteiger partial charge in [0.15, 0.2) is 0 Å². The van der Waals surface area contributed by atoms with Gasteiger partial charge in [-0.3, -0.25) is 4.98 Å². The number of carbonyl (C=O) groups excluding carboxylic acids is 1. The molecule has 2 rings (SSSR count). The van der Waals surface area contributed by atoms with Gasteiger partial charge in [0.05, 0.1) is 0 Å². The second kappa shape index (κ2) is 6.56. The van der Waals surface area contributed by atoms with Crippen LogP contribution in [0.5, 0.6) is 0 Å². The number of nitrogens with one attached hydrogen (secondary N) is 3. The minimum atomic E-state index is -0.226. The van der Waals surface area contributed by atoms with Gasteiger partial charge in [0, 0.05) is 36.9 Å². The molecule has 2 amide bonds. The maximum Gasteiger partial charge on any atom is 0.318 e. The molecule has 1 atom stereocenters. The first kappa shape index (κ1) is 13.9. The summed E-state index contributed by atoms with van der Waals surface area (Å²) in [5.41, 5.74) is 2.93. The number of anilines is 2. The number of hydrogen-bond acceptors (Lipinski definition) is 3. The van der Waals surface area contributed by atoms with Crippen molar-refractivity contribution in [3.05, 3.63) is 54.4 Å². The molecule has 0 radical (unpaired) electrons. The maximum absolute atomic E-state index is 11.2. The summed E-state index contributed by atoms with van der Waals surface area (Å²) in [6.07, 6.45) is 3.56. The molecule has 0 bridgehead atoms. The number of pyridine rings is 1. The highest BCUT2D eigenvalue weighted by molar-refractivity contribution is 5.89. The summed E-state index contributed by atoms with van der Waals surface area (Å²) in [4.78, 5) is 15.2. The third-order valence-electron chi connectivity index (χ3n) is 2.96. The van der Waals surface area contributed by atoms with E-state index in [9.17, 15) is 4.79 Å². The van der Waals surface area contributed by atoms with E-state index in [1.54, 1.807) is 19.4 Å². The number of hydrogen-bond donors (Lipinski definition) is 3. The van der Waals surface area contributed by atoms with Crippen LogP contribution in [0, 0.1) is 0 Å². The van der Waals surface area contributed by atoms with Crippen LogP contribution in [0.4, 0.5) is 16.2 Å². The van der Waals surface area contributed by atoms with Crippen molar-refractivity contribution in [2.45, 2.75) is 13.0 Å². The van der Waals surface area contributed by atoms with E-state index < -0.39 is 0 Å². The zero-order chi connectivity index (χ0) is 14.4. The Balaban J connectivity index is 1.98. The lowest BCUT2D eigenvalue weighted by Crippen LogP contribution is -2.24. The highest BCUT2D eigenvalue weighted by Crippen LogP contribution is 2.20. The summed E-state index contributed by atoms with van der Waals surface area (Å²) in [5, 5.41) is 8.62. The number of carbonyl (C=O) groups is 1. The zero-order valence-electron chi connectivity index (χ0n) is 11.6. The van der Waals surface area contributed by atoms with Crippen molar-refractivity contribution in [2.24, 2.45) is 0 Å². The fraction of sp³-hybridized carbons (Fsp3) is 0.200. The Morgan fingerprint density at radius 1 is 1.05 bits per heavy atom. The van der Waals surface area contributed by atoms with E-state index in [0.29, 0.717) is 0 Å². The Bertz CT molecular complexity index is 554. The van der Waals surface area contributed by atoms with Crippen molar-refractivity contribution in [1.29, 1.82) is 0 Å². The van der Waals surface area contributed by atoms with Crippen molar-refractivity contribution in [3.63, 3.8) is 0 Å². The minimum absolute atomic E-state index is 0.191. The van der Waals surface area contributed by atoms with Gasteiger partial charge < -0.3 is 16.0 Å². The average Bonchev–Trinajstić information content (AvgIpc) is 2.50. The number of benzene rings is 1. The molecule has 0 spiro atoms. The van der Waals surface area contributed by atoms with Gasteiger partial charge in [0.1, 0.15) is 0 Å². The topological polar surface area (TPSA) is 66.1 Å².